The summed E-state index contributed by atoms with van der Waals surface area (Å²) in [6.45, 7) is 5.17. The number of benzene rings is 1. The predicted octanol–water partition coefficient (Wildman–Crippen LogP) is 7.51. The van der Waals surface area contributed by atoms with Crippen molar-refractivity contribution in [3.63, 3.8) is 0 Å². The van der Waals surface area contributed by atoms with E-state index in [0.717, 1.165) is 42.4 Å². The van der Waals surface area contributed by atoms with Crippen molar-refractivity contribution >= 4 is 34.1 Å². The second kappa shape index (κ2) is 15.1. The Morgan fingerprint density at radius 3 is 2.45 bits per heavy atom. The number of hydrogen-bond acceptors (Lipinski definition) is 3. The third-order valence-electron chi connectivity index (χ3n) is 5.75. The molecule has 0 aliphatic rings. The van der Waals surface area contributed by atoms with Crippen LogP contribution < -0.4 is 10.6 Å². The normalized spacial score (nSPS) is 12.1. The van der Waals surface area contributed by atoms with Gasteiger partial charge in [0.1, 0.15) is 0 Å². The molecule has 5 heteroatoms. The summed E-state index contributed by atoms with van der Waals surface area (Å²) in [6, 6.07) is 8.10. The van der Waals surface area contributed by atoms with Gasteiger partial charge in [0, 0.05) is 41.3 Å². The Bertz CT molecular complexity index is 780. The maximum Gasteiger partial charge on any atom is 0.219 e. The van der Waals surface area contributed by atoms with Gasteiger partial charge in [0.05, 0.1) is 5.52 Å². The first kappa shape index (κ1) is 25.5. The van der Waals surface area contributed by atoms with E-state index < -0.39 is 0 Å². The molecule has 4 nitrogen and oxygen atoms in total. The molecule has 2 rings (SSSR count). The maximum absolute atomic E-state index is 12.0. The lowest BCUT2D eigenvalue weighted by Crippen LogP contribution is -2.25. The quantitative estimate of drug-likeness (QED) is 0.263. The Morgan fingerprint density at radius 2 is 1.71 bits per heavy atom. The number of nitrogens with zero attached hydrogens (tertiary/aromatic N) is 1. The fourth-order valence-electron chi connectivity index (χ4n) is 3.91. The number of amides is 1. The summed E-state index contributed by atoms with van der Waals surface area (Å²) in [6.07, 6.45) is 16.0. The molecule has 1 amide bonds. The van der Waals surface area contributed by atoms with Crippen molar-refractivity contribution in [2.45, 2.75) is 96.9 Å². The lowest BCUT2D eigenvalue weighted by molar-refractivity contribution is -0.121. The number of carbonyl (C=O) groups is 1. The van der Waals surface area contributed by atoms with Crippen molar-refractivity contribution < 1.29 is 4.79 Å². The zero-order valence-corrected chi connectivity index (χ0v) is 20.1. The fourth-order valence-corrected chi connectivity index (χ4v) is 4.07. The first-order chi connectivity index (χ1) is 15.1. The summed E-state index contributed by atoms with van der Waals surface area (Å²) in [5.74, 6) is 0.195. The molecule has 0 fully saturated rings. The Morgan fingerprint density at radius 1 is 1.00 bits per heavy atom. The molecule has 0 aliphatic carbocycles. The van der Waals surface area contributed by atoms with Crippen LogP contribution >= 0.6 is 11.6 Å². The summed E-state index contributed by atoms with van der Waals surface area (Å²) in [7, 11) is 0. The minimum atomic E-state index is 0.195. The van der Waals surface area contributed by atoms with E-state index in [-0.39, 0.29) is 5.91 Å². The van der Waals surface area contributed by atoms with Crippen molar-refractivity contribution in [2.75, 3.05) is 11.9 Å². The standard InChI is InChI=1S/C26H40ClN3O/c1-3-4-5-6-7-8-9-10-11-14-26(31)29-18-12-13-21(2)30-24-17-19-28-25-20-22(27)15-16-23(24)25/h15-17,19-21H,3-14,18H2,1-2H3,(H,28,30)(H,29,31). The van der Waals surface area contributed by atoms with Gasteiger partial charge in [-0.15, -0.1) is 0 Å². The van der Waals surface area contributed by atoms with Gasteiger partial charge in [0.15, 0.2) is 0 Å². The van der Waals surface area contributed by atoms with Gasteiger partial charge in [0.2, 0.25) is 5.91 Å². The number of nitrogens with one attached hydrogen (secondary N) is 2. The molecule has 0 aliphatic heterocycles. The van der Waals surface area contributed by atoms with Gasteiger partial charge in [-0.05, 0) is 50.5 Å². The van der Waals surface area contributed by atoms with Gasteiger partial charge in [-0.2, -0.15) is 0 Å². The molecule has 0 radical (unpaired) electrons. The summed E-state index contributed by atoms with van der Waals surface area (Å²) in [4.78, 5) is 16.4. The molecule has 2 N–H and O–H groups in total. The van der Waals surface area contributed by atoms with Gasteiger partial charge in [-0.25, -0.2) is 0 Å². The smallest absolute Gasteiger partial charge is 0.219 e. The minimum Gasteiger partial charge on any atom is -0.382 e. The lowest BCUT2D eigenvalue weighted by Gasteiger charge is -2.17. The molecule has 1 atom stereocenters. The number of fused-ring (bicyclic) bond motifs is 1. The fraction of sp³-hybridized carbons (Fsp3) is 0.615. The largest absolute Gasteiger partial charge is 0.382 e. The van der Waals surface area contributed by atoms with Gasteiger partial charge in [-0.3, -0.25) is 9.78 Å². The van der Waals surface area contributed by atoms with E-state index in [2.05, 4.69) is 29.5 Å². The van der Waals surface area contributed by atoms with Crippen LogP contribution in [0.5, 0.6) is 0 Å². The van der Waals surface area contributed by atoms with Crippen LogP contribution in [-0.4, -0.2) is 23.5 Å². The summed E-state index contributed by atoms with van der Waals surface area (Å²) in [5, 5.41) is 8.41. The molecule has 172 valence electrons. The molecule has 1 aromatic carbocycles. The highest BCUT2D eigenvalue weighted by atomic mass is 35.5. The second-order valence-electron chi connectivity index (χ2n) is 8.64. The highest BCUT2D eigenvalue weighted by molar-refractivity contribution is 6.31. The zero-order valence-electron chi connectivity index (χ0n) is 19.4. The van der Waals surface area contributed by atoms with Crippen LogP contribution in [0.3, 0.4) is 0 Å². The molecule has 2 aromatic rings. The van der Waals surface area contributed by atoms with E-state index in [1.54, 1.807) is 6.20 Å². The molecule has 0 saturated heterocycles. The first-order valence-electron chi connectivity index (χ1n) is 12.2. The van der Waals surface area contributed by atoms with Crippen molar-refractivity contribution in [3.05, 3.63) is 35.5 Å². The zero-order chi connectivity index (χ0) is 22.3. The number of aromatic nitrogens is 1. The van der Waals surface area contributed by atoms with Crippen molar-refractivity contribution in [1.29, 1.82) is 0 Å². The van der Waals surface area contributed by atoms with Crippen molar-refractivity contribution in [2.24, 2.45) is 0 Å². The second-order valence-corrected chi connectivity index (χ2v) is 9.07. The van der Waals surface area contributed by atoms with Crippen LogP contribution in [0.1, 0.15) is 90.9 Å². The predicted molar refractivity (Wildman–Crippen MR) is 134 cm³/mol. The highest BCUT2D eigenvalue weighted by Crippen LogP contribution is 2.25. The van der Waals surface area contributed by atoms with Crippen molar-refractivity contribution in [1.82, 2.24) is 10.3 Å². The van der Waals surface area contributed by atoms with Crippen LogP contribution in [0.15, 0.2) is 30.5 Å². The Labute approximate surface area is 193 Å². The van der Waals surface area contributed by atoms with E-state index >= 15 is 0 Å². The Kier molecular flexibility index (Phi) is 12.4. The number of pyridine rings is 1. The molecule has 1 unspecified atom stereocenters. The number of carbonyl (C=O) groups excluding carboxylic acids is 1. The number of halogens is 1. The molecular formula is C26H40ClN3O. The van der Waals surface area contributed by atoms with E-state index in [4.69, 9.17) is 11.6 Å². The number of anilines is 1. The van der Waals surface area contributed by atoms with E-state index in [1.807, 2.05) is 24.3 Å². The molecule has 0 saturated carbocycles. The van der Waals surface area contributed by atoms with Gasteiger partial charge >= 0.3 is 0 Å². The van der Waals surface area contributed by atoms with Crippen LogP contribution in [0.25, 0.3) is 10.9 Å². The number of rotatable bonds is 16. The van der Waals surface area contributed by atoms with Crippen molar-refractivity contribution in [3.8, 4) is 0 Å². The highest BCUT2D eigenvalue weighted by Gasteiger charge is 2.07. The van der Waals surface area contributed by atoms with E-state index in [0.29, 0.717) is 17.5 Å². The molecule has 0 bridgehead atoms. The summed E-state index contributed by atoms with van der Waals surface area (Å²) >= 11 is 6.07. The number of hydrogen-bond donors (Lipinski definition) is 2. The SMILES string of the molecule is CCCCCCCCCCCC(=O)NCCCC(C)Nc1ccnc2cc(Cl)ccc12. The third kappa shape index (κ3) is 10.4. The van der Waals surface area contributed by atoms with E-state index in [1.165, 1.54) is 51.4 Å². The minimum absolute atomic E-state index is 0.195. The molecular weight excluding hydrogens is 406 g/mol. The number of unbranched alkanes of at least 4 members (excludes halogenated alkanes) is 8. The van der Waals surface area contributed by atoms with Gasteiger partial charge in [-0.1, -0.05) is 69.9 Å². The monoisotopic (exact) mass is 445 g/mol. The molecule has 31 heavy (non-hydrogen) atoms. The summed E-state index contributed by atoms with van der Waals surface area (Å²) in [5.41, 5.74) is 1.97. The van der Waals surface area contributed by atoms with Crippen LogP contribution in [0.2, 0.25) is 5.02 Å². The average molecular weight is 446 g/mol. The maximum atomic E-state index is 12.0. The summed E-state index contributed by atoms with van der Waals surface area (Å²) < 4.78 is 0. The average Bonchev–Trinajstić information content (AvgIpc) is 2.75. The molecule has 1 heterocycles. The molecule has 0 spiro atoms. The Balaban J connectivity index is 1.53. The van der Waals surface area contributed by atoms with Crippen LogP contribution in [0.4, 0.5) is 5.69 Å². The van der Waals surface area contributed by atoms with Gasteiger partial charge in [0.25, 0.3) is 0 Å². The lowest BCUT2D eigenvalue weighted by atomic mass is 10.1. The van der Waals surface area contributed by atoms with Crippen LogP contribution in [0, 0.1) is 0 Å². The Hall–Kier alpha value is -1.81. The molecule has 1 aromatic heterocycles. The van der Waals surface area contributed by atoms with Crippen LogP contribution in [-0.2, 0) is 4.79 Å². The van der Waals surface area contributed by atoms with Gasteiger partial charge < -0.3 is 10.6 Å². The third-order valence-corrected chi connectivity index (χ3v) is 5.99. The first-order valence-corrected chi connectivity index (χ1v) is 12.6. The van der Waals surface area contributed by atoms with E-state index in [9.17, 15) is 4.79 Å². The topological polar surface area (TPSA) is 54.0 Å².